The summed E-state index contributed by atoms with van der Waals surface area (Å²) in [4.78, 5) is 39.8. The summed E-state index contributed by atoms with van der Waals surface area (Å²) in [7, 11) is 0. The molecule has 0 radical (unpaired) electrons. The van der Waals surface area contributed by atoms with Gasteiger partial charge in [-0.1, -0.05) is 15.9 Å². The van der Waals surface area contributed by atoms with Crippen LogP contribution in [0.2, 0.25) is 0 Å². The zero-order valence-corrected chi connectivity index (χ0v) is 21.6. The van der Waals surface area contributed by atoms with E-state index in [-0.39, 0.29) is 18.1 Å². The first kappa shape index (κ1) is 24.9. The molecule has 1 aromatic rings. The molecule has 5 amide bonds. The third kappa shape index (κ3) is 5.64. The van der Waals surface area contributed by atoms with Crippen LogP contribution in [-0.2, 0) is 4.74 Å². The number of hydrogen-bond acceptors (Lipinski definition) is 6. The average molecular weight is 565 g/mol. The van der Waals surface area contributed by atoms with Crippen LogP contribution in [0.5, 0.6) is 0 Å². The number of hydrogen-bond donors (Lipinski definition) is 3. The van der Waals surface area contributed by atoms with Crippen LogP contribution in [0.1, 0.15) is 51.0 Å². The number of rotatable bonds is 6. The van der Waals surface area contributed by atoms with E-state index in [9.17, 15) is 18.8 Å². The molecule has 0 bridgehead atoms. The van der Waals surface area contributed by atoms with Crippen LogP contribution in [0.4, 0.5) is 18.8 Å². The lowest BCUT2D eigenvalue weighted by molar-refractivity contribution is -0.0117. The van der Waals surface area contributed by atoms with Gasteiger partial charge in [-0.25, -0.2) is 18.8 Å². The number of carbonyl (C=O) groups is 3. The van der Waals surface area contributed by atoms with E-state index < -0.39 is 23.5 Å². The number of amides is 5. The maximum Gasteiger partial charge on any atom is 0.440 e. The van der Waals surface area contributed by atoms with Crippen LogP contribution in [0.25, 0.3) is 0 Å². The number of halogens is 2. The van der Waals surface area contributed by atoms with Gasteiger partial charge >= 0.3 is 18.2 Å². The molecule has 3 fully saturated rings. The maximum absolute atomic E-state index is 13.8. The molecule has 2 aliphatic carbocycles. The number of hydrazone groups is 1. The van der Waals surface area contributed by atoms with Gasteiger partial charge < -0.3 is 25.6 Å². The fraction of sp³-hybridized carbons (Fsp3) is 0.583. The van der Waals surface area contributed by atoms with Crippen molar-refractivity contribution in [1.82, 2.24) is 25.9 Å². The van der Waals surface area contributed by atoms with Crippen LogP contribution in [0.3, 0.4) is 0 Å². The summed E-state index contributed by atoms with van der Waals surface area (Å²) in [5.74, 6) is -0.418. The monoisotopic (exact) mass is 564 g/mol. The summed E-state index contributed by atoms with van der Waals surface area (Å²) in [6.45, 7) is 3.78. The third-order valence-electron chi connectivity index (χ3n) is 6.86. The van der Waals surface area contributed by atoms with Crippen molar-refractivity contribution in [3.8, 4) is 0 Å². The Morgan fingerprint density at radius 3 is 2.50 bits per heavy atom. The number of benzene rings is 1. The number of nitrogens with one attached hydrogen (secondary N) is 3. The number of ether oxygens (including phenoxy) is 1. The second-order valence-electron chi connectivity index (χ2n) is 10.1. The van der Waals surface area contributed by atoms with Crippen molar-refractivity contribution in [3.05, 3.63) is 34.1 Å². The Bertz CT molecular complexity index is 1080. The van der Waals surface area contributed by atoms with E-state index in [0.717, 1.165) is 30.7 Å². The smallest absolute Gasteiger partial charge is 0.434 e. The molecule has 12 heteroatoms. The Morgan fingerprint density at radius 2 is 1.86 bits per heavy atom. The van der Waals surface area contributed by atoms with Crippen molar-refractivity contribution >= 4 is 39.8 Å². The zero-order valence-electron chi connectivity index (χ0n) is 20.1. The molecule has 1 atom stereocenters. The Kier molecular flexibility index (Phi) is 6.90. The van der Waals surface area contributed by atoms with Crippen molar-refractivity contribution < 1.29 is 23.5 Å². The van der Waals surface area contributed by atoms with Gasteiger partial charge in [-0.15, -0.1) is 5.01 Å². The first-order valence-electron chi connectivity index (χ1n) is 12.4. The van der Waals surface area contributed by atoms with E-state index in [1.165, 1.54) is 12.1 Å². The lowest BCUT2D eigenvalue weighted by atomic mass is 9.82. The summed E-state index contributed by atoms with van der Waals surface area (Å²) in [6.07, 6.45) is 3.86. The molecule has 3 N–H and O–H groups in total. The van der Waals surface area contributed by atoms with E-state index in [4.69, 9.17) is 4.74 Å². The molecule has 2 heterocycles. The van der Waals surface area contributed by atoms with Crippen LogP contribution in [-0.4, -0.2) is 77.1 Å². The minimum Gasteiger partial charge on any atom is -0.434 e. The standard InChI is InChI=1S/C24H30BrFN6O4/c1-14(27-21(33)28-16-3-4-16)13-31-10-8-24(9-11-31)20(18-7-2-15(26)12-19(18)25)30-32(23(35)36-24)22(34)29-17-5-6-17/h2,7,12,14,16-17H,3-6,8-11,13H2,1H3,(H,29,34)(H2,27,28,33)/t14-/m0/s1. The highest BCUT2D eigenvalue weighted by Crippen LogP contribution is 2.37. The highest BCUT2D eigenvalue weighted by Gasteiger charge is 2.50. The first-order chi connectivity index (χ1) is 17.2. The van der Waals surface area contributed by atoms with Gasteiger partial charge in [0.25, 0.3) is 0 Å². The number of nitrogens with zero attached hydrogens (tertiary/aromatic N) is 3. The number of imide groups is 1. The molecule has 1 aromatic carbocycles. The van der Waals surface area contributed by atoms with E-state index in [1.54, 1.807) is 6.07 Å². The summed E-state index contributed by atoms with van der Waals surface area (Å²) < 4.78 is 20.2. The first-order valence-corrected chi connectivity index (χ1v) is 13.2. The predicted octanol–water partition coefficient (Wildman–Crippen LogP) is 3.30. The van der Waals surface area contributed by atoms with E-state index in [2.05, 4.69) is 41.9 Å². The van der Waals surface area contributed by atoms with Gasteiger partial charge in [-0.05, 0) is 50.8 Å². The summed E-state index contributed by atoms with van der Waals surface area (Å²) in [5.41, 5.74) is -0.0764. The van der Waals surface area contributed by atoms with Crippen LogP contribution in [0, 0.1) is 5.82 Å². The quantitative estimate of drug-likeness (QED) is 0.490. The summed E-state index contributed by atoms with van der Waals surface area (Å²) >= 11 is 3.41. The SMILES string of the molecule is C[C@@H](CN1CCC2(CC1)OC(=O)N(C(=O)NC1CC1)N=C2c1ccc(F)cc1Br)NC(=O)NC1CC1. The largest absolute Gasteiger partial charge is 0.440 e. The average Bonchev–Trinajstić information content (AvgIpc) is 3.74. The molecule has 194 valence electrons. The van der Waals surface area contributed by atoms with Gasteiger partial charge in [-0.2, -0.15) is 5.10 Å². The molecule has 2 saturated carbocycles. The Labute approximate surface area is 217 Å². The molecule has 1 spiro atoms. The van der Waals surface area contributed by atoms with Crippen molar-refractivity contribution in [2.24, 2.45) is 5.10 Å². The van der Waals surface area contributed by atoms with Gasteiger partial charge in [0.1, 0.15) is 11.5 Å². The minimum absolute atomic E-state index is 0.0441. The summed E-state index contributed by atoms with van der Waals surface area (Å²) in [5, 5.41) is 13.8. The molecule has 0 unspecified atom stereocenters. The van der Waals surface area contributed by atoms with Gasteiger partial charge in [0.15, 0.2) is 5.60 Å². The highest BCUT2D eigenvalue weighted by atomic mass is 79.9. The van der Waals surface area contributed by atoms with Crippen molar-refractivity contribution in [1.29, 1.82) is 0 Å². The topological polar surface area (TPSA) is 115 Å². The lowest BCUT2D eigenvalue weighted by Gasteiger charge is -2.45. The van der Waals surface area contributed by atoms with Crippen LogP contribution < -0.4 is 16.0 Å². The molecule has 10 nitrogen and oxygen atoms in total. The molecule has 2 aliphatic heterocycles. The van der Waals surface area contributed by atoms with Gasteiger partial charge in [-0.3, -0.25) is 0 Å². The lowest BCUT2D eigenvalue weighted by Crippen LogP contribution is -2.59. The number of piperidine rings is 1. The minimum atomic E-state index is -1.05. The fourth-order valence-corrected chi connectivity index (χ4v) is 5.15. The number of carbonyl (C=O) groups excluding carboxylic acids is 3. The van der Waals surface area contributed by atoms with E-state index in [1.807, 2.05) is 6.92 Å². The molecule has 5 rings (SSSR count). The Hall–Kier alpha value is -2.73. The van der Waals surface area contributed by atoms with Gasteiger partial charge in [0.2, 0.25) is 0 Å². The van der Waals surface area contributed by atoms with Crippen LogP contribution in [0.15, 0.2) is 27.8 Å². The van der Waals surface area contributed by atoms with Crippen molar-refractivity contribution in [2.45, 2.75) is 69.2 Å². The molecule has 4 aliphatic rings. The predicted molar refractivity (Wildman–Crippen MR) is 133 cm³/mol. The van der Waals surface area contributed by atoms with Crippen molar-refractivity contribution in [2.75, 3.05) is 19.6 Å². The fourth-order valence-electron chi connectivity index (χ4n) is 4.61. The molecular formula is C24H30BrFN6O4. The zero-order chi connectivity index (χ0) is 25.4. The second-order valence-corrected chi connectivity index (χ2v) is 10.9. The third-order valence-corrected chi connectivity index (χ3v) is 7.51. The Morgan fingerprint density at radius 1 is 1.19 bits per heavy atom. The molecular weight excluding hydrogens is 535 g/mol. The van der Waals surface area contributed by atoms with E-state index in [0.29, 0.717) is 54.3 Å². The second kappa shape index (κ2) is 9.97. The van der Waals surface area contributed by atoms with Crippen LogP contribution >= 0.6 is 15.9 Å². The summed E-state index contributed by atoms with van der Waals surface area (Å²) in [6, 6.07) is 3.71. The number of urea groups is 2. The molecule has 1 saturated heterocycles. The normalized spacial score (nSPS) is 22.5. The van der Waals surface area contributed by atoms with Gasteiger partial charge in [0.05, 0.1) is 0 Å². The molecule has 0 aromatic heterocycles. The van der Waals surface area contributed by atoms with E-state index >= 15 is 0 Å². The maximum atomic E-state index is 13.8. The van der Waals surface area contributed by atoms with Gasteiger partial charge in [0, 0.05) is 60.6 Å². The molecule has 36 heavy (non-hydrogen) atoms. The Balaban J connectivity index is 1.31. The van der Waals surface area contributed by atoms with Crippen molar-refractivity contribution in [3.63, 3.8) is 0 Å². The number of likely N-dealkylation sites (tertiary alicyclic amines) is 1. The highest BCUT2D eigenvalue weighted by molar-refractivity contribution is 9.10.